The number of rotatable bonds is 18. The molecule has 9 aromatic rings. The van der Waals surface area contributed by atoms with Crippen LogP contribution in [0.3, 0.4) is 0 Å². The van der Waals surface area contributed by atoms with Crippen LogP contribution in [0.25, 0.3) is 16.7 Å². The van der Waals surface area contributed by atoms with Crippen LogP contribution in [0.2, 0.25) is 19.8 Å². The van der Waals surface area contributed by atoms with Crippen LogP contribution in [0, 0.1) is 37.0 Å². The number of benzene rings is 9. The van der Waals surface area contributed by atoms with E-state index < -0.39 is 34.2 Å². The van der Waals surface area contributed by atoms with Crippen molar-refractivity contribution in [3.05, 3.63) is 289 Å². The number of unbranched alkanes of at least 4 members (excludes halogenated alkanes) is 3. The van der Waals surface area contributed by atoms with Crippen molar-refractivity contribution in [2.45, 2.75) is 198 Å². The van der Waals surface area contributed by atoms with Gasteiger partial charge in [-0.1, -0.05) is 289 Å². The third-order valence-electron chi connectivity index (χ3n) is 22.5. The Labute approximate surface area is 747 Å². The largest absolute Gasteiger partial charge is 0.0622 e. The number of phenols is 1. The van der Waals surface area contributed by atoms with Crippen molar-refractivity contribution in [3.8, 4) is 11.5 Å². The molecule has 0 fully saturated rings. The summed E-state index contributed by atoms with van der Waals surface area (Å²) in [5, 5.41) is 25.3. The molecule has 6 aliphatic rings. The molecule has 17 heteroatoms. The molecule has 632 valence electrons. The van der Waals surface area contributed by atoms with Crippen LogP contribution in [0.15, 0.2) is 238 Å². The summed E-state index contributed by atoms with van der Waals surface area (Å²) < 4.78 is 12.8. The Morgan fingerprint density at radius 3 is 1.08 bits per heavy atom. The molecule has 6 aliphatic carbocycles. The number of aromatic hydroxyl groups is 1. The van der Waals surface area contributed by atoms with Gasteiger partial charge in [-0.15, -0.1) is 12.4 Å². The van der Waals surface area contributed by atoms with E-state index in [1.807, 2.05) is 32.9 Å². The molecule has 0 bridgehead atoms. The molecule has 117 heavy (non-hydrogen) atoms. The second-order valence-corrected chi connectivity index (χ2v) is 57.6. The number of allylic oxidation sites excluding steroid dienone is 6. The van der Waals surface area contributed by atoms with Crippen molar-refractivity contribution in [1.29, 1.82) is 0 Å². The molecule has 3 unspecified atom stereocenters. The van der Waals surface area contributed by atoms with Crippen molar-refractivity contribution in [2.24, 2.45) is 16.2 Å². The number of carbonyl (C=O) groups excluding carboxylic acids is 3. The van der Waals surface area contributed by atoms with Crippen LogP contribution in [0.4, 0.5) is 0 Å². The summed E-state index contributed by atoms with van der Waals surface area (Å²) in [6, 6.07) is 77.0. The third kappa shape index (κ3) is 26.2. The van der Waals surface area contributed by atoms with Crippen LogP contribution in [-0.4, -0.2) is 72.4 Å². The summed E-state index contributed by atoms with van der Waals surface area (Å²) in [5.41, 5.74) is 17.2. The van der Waals surface area contributed by atoms with E-state index in [1.165, 1.54) is 136 Å². The van der Waals surface area contributed by atoms with Gasteiger partial charge in [-0.2, -0.15) is 0 Å². The van der Waals surface area contributed by atoms with Crippen molar-refractivity contribution >= 4 is 163 Å². The normalized spacial score (nSPS) is 17.5. The second kappa shape index (κ2) is 49.8. The number of hydrogen-bond donors (Lipinski definition) is 2. The maximum atomic E-state index is 12.5. The minimum atomic E-state index is -1.18. The zero-order valence-corrected chi connectivity index (χ0v) is 82.0. The quantitative estimate of drug-likeness (QED) is 0.0495. The number of aliphatic hydroxyl groups excluding tert-OH is 1. The van der Waals surface area contributed by atoms with Crippen LogP contribution >= 0.6 is 79.2 Å². The van der Waals surface area contributed by atoms with Crippen molar-refractivity contribution in [2.75, 3.05) is 21.0 Å². The minimum absolute atomic E-state index is 0. The van der Waals surface area contributed by atoms with Crippen molar-refractivity contribution in [1.82, 2.24) is 0 Å². The van der Waals surface area contributed by atoms with Gasteiger partial charge >= 0.3 is 73.1 Å². The topological polar surface area (TPSA) is 142 Å². The molecule has 9 aromatic carbocycles. The molecule has 0 spiro atoms. The first-order chi connectivity index (χ1) is 54.8. The maximum Gasteiger partial charge on any atom is -0.0134 e. The summed E-state index contributed by atoms with van der Waals surface area (Å²) in [7, 11) is 11.4. The van der Waals surface area contributed by atoms with Crippen LogP contribution in [0.1, 0.15) is 188 Å². The molecule has 0 aromatic heterocycles. The van der Waals surface area contributed by atoms with Gasteiger partial charge < -0.3 is 25.2 Å². The number of ketones is 3. The Morgan fingerprint density at radius 2 is 0.744 bits per heavy atom. The zero-order valence-electron chi connectivity index (χ0n) is 70.3. The fourth-order valence-corrected chi connectivity index (χ4v) is 23.0. The first-order valence-corrected chi connectivity index (χ1v) is 60.0. The second-order valence-electron chi connectivity index (χ2n) is 32.1. The molecule has 8 nitrogen and oxygen atoms in total. The van der Waals surface area contributed by atoms with E-state index in [4.69, 9.17) is 33.6 Å². The number of methoxy groups -OCH3 is 1. The minimum Gasteiger partial charge on any atom is -0.0622 e. The Hall–Kier alpha value is -5.16. The van der Waals surface area contributed by atoms with Gasteiger partial charge in [-0.05, 0) is 246 Å². The molecule has 0 heterocycles. The Kier molecular flexibility index (Phi) is 43.6. The number of aliphatic hydroxyl groups is 1. The van der Waals surface area contributed by atoms with E-state index in [1.54, 1.807) is 13.2 Å². The third-order valence-corrected chi connectivity index (χ3v) is 29.3. The average molecular weight is 2010 g/mol. The van der Waals surface area contributed by atoms with E-state index in [0.717, 1.165) is 91.8 Å². The maximum absolute atomic E-state index is 12.5. The number of aryl methyl sites for hydroxylation is 1. The Balaban J connectivity index is 0.000000252. The average Bonchev–Trinajstić information content (AvgIpc) is 1.61. The molecule has 4 N–H and O–H groups in total. The number of phenolic OH excluding ortho intramolecular Hbond substituents is 1. The van der Waals surface area contributed by atoms with Gasteiger partial charge in [0.05, 0.1) is 4.48 Å². The summed E-state index contributed by atoms with van der Waals surface area (Å²) in [5.74, 6) is 2.20. The van der Waals surface area contributed by atoms with Gasteiger partial charge in [0, 0.05) is 54.2 Å². The molecule has 0 saturated heterocycles. The van der Waals surface area contributed by atoms with Crippen LogP contribution in [0.5, 0.6) is 11.5 Å². The zero-order chi connectivity index (χ0) is 82.8. The van der Waals surface area contributed by atoms with Crippen molar-refractivity contribution < 1.29 is 55.5 Å². The standard InChI is InChI=1S/C21H28O3.C19H24O2.C18H20Br2O.2C18H15P.CH4O.CH4.4CH3.3ClH.H2O.Pd.Sn/c1-5-6-10-21-11-9-16-14(2)19(24-13-23-4)8-7-17(16)20(21)15(3)18(22)12-21;1-4-5-9-19-10-8-14-12(2)16(20)7-6-15(14)18(19)13(3)17(21)11-19;1-3-4-8-18-9-7-13-12(6-5-11(2)16(13)19)15(18)17(20)14(21)10-18;2*1-4-10-16(11-5-1)19(17-12-6-2-7-13-17)18-14-8-3-9-15-18;1-2;;;;;;;;;;;/h7-8H,5-6,9-13H2,1-4H3;6-7,20H,4-5,8-11H2,1-3H3;5-6H,3-4,7-10H2,1-2H3;2*1-15H;2H,1H3;1H4;4*1H3;3*1H;1H2;;/q;;;;;;;;;;;;;;;+2;/p-2. The van der Waals surface area contributed by atoms with Crippen LogP contribution in [-0.2, 0) is 54.3 Å². The number of fused-ring (bicyclic) bond motifs is 9. The number of hydrogen-bond acceptors (Lipinski definition) is 7. The molecule has 0 amide bonds. The fourth-order valence-electron chi connectivity index (χ4n) is 17.1. The summed E-state index contributed by atoms with van der Waals surface area (Å²) in [4.78, 5) is 46.8. The van der Waals surface area contributed by atoms with Gasteiger partial charge in [0.2, 0.25) is 0 Å². The van der Waals surface area contributed by atoms with Gasteiger partial charge in [0.1, 0.15) is 11.5 Å². The van der Waals surface area contributed by atoms with Gasteiger partial charge in [-0.3, -0.25) is 14.4 Å². The number of Topliss-reactive ketones (excluding diaryl/α,β-unsaturated/α-hetero) is 3. The summed E-state index contributed by atoms with van der Waals surface area (Å²) in [6.07, 6.45) is 18.8. The van der Waals surface area contributed by atoms with E-state index >= 15 is 0 Å². The van der Waals surface area contributed by atoms with Crippen LogP contribution < -0.4 is 36.6 Å². The molecule has 0 aliphatic heterocycles. The molecular formula is C100H125Br2Cl3O8P2PdSn. The molecule has 0 saturated carbocycles. The predicted molar refractivity (Wildman–Crippen MR) is 513 cm³/mol. The van der Waals surface area contributed by atoms with E-state index in [0.29, 0.717) is 36.6 Å². The first-order valence-electron chi connectivity index (χ1n) is 40.3. The van der Waals surface area contributed by atoms with E-state index in [-0.39, 0.29) is 70.1 Å². The summed E-state index contributed by atoms with van der Waals surface area (Å²) in [6.45, 7) is 17.2. The molecule has 15 rings (SSSR count). The van der Waals surface area contributed by atoms with Crippen molar-refractivity contribution in [3.63, 3.8) is 0 Å². The smallest absolute Gasteiger partial charge is 0.0134 e. The monoisotopic (exact) mass is 2000 g/mol. The number of halogens is 5. The SMILES string of the molecule is C.CCCCC12CCc3c(ccc(C)c3Br)C1=C(Br)C(=O)C2.CCCCC12CCc3c(ccc(O)c3C)C1=C(C)C(=O)C2.CCCCC12CCc3c(ccc(OCOC)c3C)C1=C(C)C(=O)C2.CO.Cl.O.[CH3][Sn]([CH3])([CH3])[CH3].[Cl][Pd][Cl].c1ccc(P(c2ccccc2)c2ccccc2)cc1.c1ccc(P(c2ccccc2)c2ccccc2)cc1. The van der Waals surface area contributed by atoms with Gasteiger partial charge in [-0.25, -0.2) is 0 Å². The molecule has 3 atom stereocenters. The summed E-state index contributed by atoms with van der Waals surface area (Å²) >= 11 is 6.06. The van der Waals surface area contributed by atoms with E-state index in [2.05, 4.69) is 286 Å². The number of ether oxygens (including phenoxy) is 2. The van der Waals surface area contributed by atoms with Gasteiger partial charge in [0.15, 0.2) is 24.1 Å². The Bertz CT molecular complexity index is 4320. The van der Waals surface area contributed by atoms with Gasteiger partial charge in [0.25, 0.3) is 0 Å². The Morgan fingerprint density at radius 1 is 0.453 bits per heavy atom. The first kappa shape index (κ1) is 102. The fraction of sp³-hybridized carbons (Fsp3) is 0.370. The molecular weight excluding hydrogens is 1880 g/mol. The van der Waals surface area contributed by atoms with E-state index in [9.17, 15) is 19.5 Å². The number of carbonyl (C=O) groups is 3. The molecule has 0 radical (unpaired) electrons. The predicted octanol–water partition coefficient (Wildman–Crippen LogP) is 25.4.